The van der Waals surface area contributed by atoms with Crippen molar-refractivity contribution in [2.45, 2.75) is 58.1 Å². The number of aromatic nitrogens is 1. The van der Waals surface area contributed by atoms with Crippen LogP contribution in [0, 0.1) is 11.6 Å². The monoisotopic (exact) mass is 687 g/mol. The number of nitrogens with one attached hydrogen (secondary N) is 1. The topological polar surface area (TPSA) is 121 Å². The number of fused-ring (bicyclic) bond motifs is 1. The predicted octanol–water partition coefficient (Wildman–Crippen LogP) is 6.03. The lowest BCUT2D eigenvalue weighted by Crippen LogP contribution is -2.51. The maximum Gasteiger partial charge on any atom is 0.412 e. The van der Waals surface area contributed by atoms with E-state index in [1.807, 2.05) is 0 Å². The minimum absolute atomic E-state index is 0.000506. The van der Waals surface area contributed by atoms with Crippen molar-refractivity contribution in [1.82, 2.24) is 19.7 Å². The lowest BCUT2D eigenvalue weighted by atomic mass is 10.1. The van der Waals surface area contributed by atoms with Gasteiger partial charge in [-0.05, 0) is 74.9 Å². The summed E-state index contributed by atoms with van der Waals surface area (Å²) in [5.41, 5.74) is -0.148. The van der Waals surface area contributed by atoms with E-state index in [0.29, 0.717) is 42.5 Å². The van der Waals surface area contributed by atoms with Crippen LogP contribution in [0.4, 0.5) is 24.2 Å². The molecule has 1 aliphatic heterocycles. The Morgan fingerprint density at radius 1 is 1.00 bits per heavy atom. The van der Waals surface area contributed by atoms with Gasteiger partial charge < -0.3 is 24.2 Å². The van der Waals surface area contributed by atoms with Crippen molar-refractivity contribution < 1.29 is 37.4 Å². The Morgan fingerprint density at radius 3 is 2.42 bits per heavy atom. The highest BCUT2D eigenvalue weighted by atomic mass is 35.5. The summed E-state index contributed by atoms with van der Waals surface area (Å²) in [5.74, 6) is -1.36. The summed E-state index contributed by atoms with van der Waals surface area (Å²) in [6, 6.07) is 9.41. The standard InChI is InChI=1S/C34H40ClF2N5O6/c1-34(2,3)48-33(46)42-16-14-41(15-17-42)30(44)13-11-26(40(4)29(43)12-9-22-6-5-7-27(37)31(22)35)21-47-32(45)39-28-19-24-18-25(36)10-8-23(24)20-38-28/h5-8,10,18-20,26H,9,11-17,21H2,1-4H3,(H,38,39,45)/t26-/m0/s1. The van der Waals surface area contributed by atoms with E-state index in [2.05, 4.69) is 10.3 Å². The van der Waals surface area contributed by atoms with Crippen molar-refractivity contribution in [2.75, 3.05) is 45.2 Å². The van der Waals surface area contributed by atoms with Crippen LogP contribution in [0.15, 0.2) is 48.7 Å². The Morgan fingerprint density at radius 2 is 1.71 bits per heavy atom. The first-order chi connectivity index (χ1) is 22.7. The highest BCUT2D eigenvalue weighted by Crippen LogP contribution is 2.22. The molecule has 1 fully saturated rings. The van der Waals surface area contributed by atoms with Crippen LogP contribution < -0.4 is 5.32 Å². The van der Waals surface area contributed by atoms with Crippen molar-refractivity contribution in [3.05, 3.63) is 70.9 Å². The van der Waals surface area contributed by atoms with Gasteiger partial charge in [-0.2, -0.15) is 0 Å². The van der Waals surface area contributed by atoms with E-state index in [1.165, 1.54) is 41.4 Å². The van der Waals surface area contributed by atoms with E-state index in [4.69, 9.17) is 21.1 Å². The van der Waals surface area contributed by atoms with Crippen molar-refractivity contribution in [2.24, 2.45) is 0 Å². The van der Waals surface area contributed by atoms with Crippen LogP contribution in [0.25, 0.3) is 10.8 Å². The summed E-state index contributed by atoms with van der Waals surface area (Å²) < 4.78 is 38.5. The van der Waals surface area contributed by atoms with Gasteiger partial charge in [0.2, 0.25) is 11.8 Å². The molecule has 48 heavy (non-hydrogen) atoms. The zero-order valence-corrected chi connectivity index (χ0v) is 28.2. The van der Waals surface area contributed by atoms with Gasteiger partial charge in [-0.15, -0.1) is 0 Å². The molecule has 258 valence electrons. The fraction of sp³-hybridized carbons (Fsp3) is 0.441. The molecule has 1 aliphatic rings. The van der Waals surface area contributed by atoms with Gasteiger partial charge in [-0.25, -0.2) is 23.4 Å². The maximum absolute atomic E-state index is 13.9. The molecule has 4 rings (SSSR count). The highest BCUT2D eigenvalue weighted by molar-refractivity contribution is 6.31. The van der Waals surface area contributed by atoms with Gasteiger partial charge in [-0.1, -0.05) is 23.7 Å². The smallest absolute Gasteiger partial charge is 0.412 e. The first-order valence-corrected chi connectivity index (χ1v) is 16.0. The Hall–Kier alpha value is -4.52. The lowest BCUT2D eigenvalue weighted by Gasteiger charge is -2.36. The number of rotatable bonds is 10. The SMILES string of the molecule is CN(C(=O)CCc1cccc(F)c1Cl)[C@@H](CCC(=O)N1CCN(C(=O)OC(C)(C)C)CC1)COC(=O)Nc1cc2cc(F)ccc2cn1. The Balaban J connectivity index is 1.37. The third kappa shape index (κ3) is 10.2. The number of piperazine rings is 1. The molecule has 14 heteroatoms. The molecule has 4 amide bonds. The number of carbonyl (C=O) groups is 4. The molecule has 0 spiro atoms. The number of benzene rings is 2. The number of aryl methyl sites for hydroxylation is 1. The highest BCUT2D eigenvalue weighted by Gasteiger charge is 2.29. The number of amides is 4. The number of hydrogen-bond acceptors (Lipinski definition) is 7. The average Bonchev–Trinajstić information content (AvgIpc) is 3.04. The van der Waals surface area contributed by atoms with E-state index < -0.39 is 35.5 Å². The molecule has 0 unspecified atom stereocenters. The van der Waals surface area contributed by atoms with Crippen molar-refractivity contribution in [3.8, 4) is 0 Å². The molecule has 3 aromatic rings. The Labute approximate surface area is 283 Å². The third-order valence-electron chi connectivity index (χ3n) is 7.88. The largest absolute Gasteiger partial charge is 0.447 e. The Bertz CT molecular complexity index is 1640. The van der Waals surface area contributed by atoms with Gasteiger partial charge in [0.05, 0.1) is 11.1 Å². The Kier molecular flexibility index (Phi) is 12.1. The van der Waals surface area contributed by atoms with Crippen molar-refractivity contribution >= 4 is 52.2 Å². The molecule has 1 atom stereocenters. The second-order valence-corrected chi connectivity index (χ2v) is 12.9. The van der Waals surface area contributed by atoms with Gasteiger partial charge in [0, 0.05) is 57.7 Å². The number of pyridine rings is 1. The van der Waals surface area contributed by atoms with E-state index in [1.54, 1.807) is 49.8 Å². The number of anilines is 1. The molecule has 1 saturated heterocycles. The molecule has 0 radical (unpaired) electrons. The van der Waals surface area contributed by atoms with Crippen molar-refractivity contribution in [1.29, 1.82) is 0 Å². The molecule has 1 N–H and O–H groups in total. The minimum atomic E-state index is -0.847. The molecule has 2 aromatic carbocycles. The van der Waals surface area contributed by atoms with Crippen LogP contribution in [-0.2, 0) is 25.5 Å². The molecule has 0 bridgehead atoms. The van der Waals surface area contributed by atoms with Crippen LogP contribution in [-0.4, -0.2) is 95.2 Å². The number of ether oxygens (including phenoxy) is 2. The van der Waals surface area contributed by atoms with E-state index in [-0.39, 0.29) is 54.9 Å². The molecule has 11 nitrogen and oxygen atoms in total. The summed E-state index contributed by atoms with van der Waals surface area (Å²) >= 11 is 6.06. The van der Waals surface area contributed by atoms with Crippen molar-refractivity contribution in [3.63, 3.8) is 0 Å². The number of hydrogen-bond donors (Lipinski definition) is 1. The minimum Gasteiger partial charge on any atom is -0.447 e. The van der Waals surface area contributed by atoms with E-state index in [9.17, 15) is 28.0 Å². The van der Waals surface area contributed by atoms with Crippen LogP contribution in [0.1, 0.15) is 45.6 Å². The molecular formula is C34H40ClF2N5O6. The van der Waals surface area contributed by atoms with Crippen LogP contribution >= 0.6 is 11.6 Å². The van der Waals surface area contributed by atoms with Crippen LogP contribution in [0.3, 0.4) is 0 Å². The zero-order valence-electron chi connectivity index (χ0n) is 27.4. The summed E-state index contributed by atoms with van der Waals surface area (Å²) in [5, 5.41) is 3.68. The average molecular weight is 688 g/mol. The molecule has 1 aromatic heterocycles. The number of carbonyl (C=O) groups excluding carboxylic acids is 4. The second-order valence-electron chi connectivity index (χ2n) is 12.5. The third-order valence-corrected chi connectivity index (χ3v) is 8.30. The van der Waals surface area contributed by atoms with Gasteiger partial charge in [0.1, 0.15) is 29.7 Å². The predicted molar refractivity (Wildman–Crippen MR) is 177 cm³/mol. The fourth-order valence-electron chi connectivity index (χ4n) is 5.16. The molecule has 0 aliphatic carbocycles. The maximum atomic E-state index is 13.9. The zero-order chi connectivity index (χ0) is 35.0. The summed E-state index contributed by atoms with van der Waals surface area (Å²) in [6.07, 6.45) is 0.616. The van der Waals surface area contributed by atoms with E-state index in [0.717, 1.165) is 0 Å². The van der Waals surface area contributed by atoms with Crippen LogP contribution in [0.2, 0.25) is 5.02 Å². The van der Waals surface area contributed by atoms with Gasteiger partial charge >= 0.3 is 12.2 Å². The first-order valence-electron chi connectivity index (χ1n) is 15.6. The van der Waals surface area contributed by atoms with Gasteiger partial charge in [0.15, 0.2) is 0 Å². The summed E-state index contributed by atoms with van der Waals surface area (Å²) in [4.78, 5) is 60.3. The fourth-order valence-corrected chi connectivity index (χ4v) is 5.38. The number of halogens is 3. The number of likely N-dealkylation sites (N-methyl/N-ethyl adjacent to an activating group) is 1. The van der Waals surface area contributed by atoms with Gasteiger partial charge in [-0.3, -0.25) is 14.9 Å². The second kappa shape index (κ2) is 16.1. The quantitative estimate of drug-likeness (QED) is 0.276. The summed E-state index contributed by atoms with van der Waals surface area (Å²) in [6.45, 7) is 6.42. The normalized spacial score (nSPS) is 14.0. The lowest BCUT2D eigenvalue weighted by molar-refractivity contribution is -0.136. The van der Waals surface area contributed by atoms with Crippen LogP contribution in [0.5, 0.6) is 0 Å². The van der Waals surface area contributed by atoms with Gasteiger partial charge in [0.25, 0.3) is 0 Å². The summed E-state index contributed by atoms with van der Waals surface area (Å²) in [7, 11) is 1.55. The number of nitrogens with zero attached hydrogens (tertiary/aromatic N) is 4. The molecule has 0 saturated carbocycles. The van der Waals surface area contributed by atoms with E-state index >= 15 is 0 Å². The first kappa shape index (κ1) is 36.3. The molecular weight excluding hydrogens is 648 g/mol. The molecule has 2 heterocycles.